The number of carbonyl (C=O) groups excluding carboxylic acids is 1. The molecular formula is C19H32O2. The molecule has 2 bridgehead atoms. The van der Waals surface area contributed by atoms with E-state index < -0.39 is 0 Å². The smallest absolute Gasteiger partial charge is 0.308 e. The summed E-state index contributed by atoms with van der Waals surface area (Å²) in [5.74, 6) is 2.35. The molecule has 0 heterocycles. The van der Waals surface area contributed by atoms with Crippen molar-refractivity contribution >= 4 is 5.97 Å². The Morgan fingerprint density at radius 1 is 1.29 bits per heavy atom. The minimum atomic E-state index is 0.0272. The molecule has 0 radical (unpaired) electrons. The summed E-state index contributed by atoms with van der Waals surface area (Å²) in [6.45, 7) is 11.4. The van der Waals surface area contributed by atoms with E-state index in [1.807, 2.05) is 6.92 Å². The Balaban J connectivity index is 1.79. The van der Waals surface area contributed by atoms with Crippen molar-refractivity contribution in [1.29, 1.82) is 0 Å². The maximum atomic E-state index is 12.2. The third-order valence-electron chi connectivity index (χ3n) is 7.64. The fourth-order valence-corrected chi connectivity index (χ4v) is 6.04. The van der Waals surface area contributed by atoms with Crippen molar-refractivity contribution in [1.82, 2.24) is 0 Å². The zero-order chi connectivity index (χ0) is 15.4. The molecule has 3 saturated carbocycles. The van der Waals surface area contributed by atoms with Gasteiger partial charge in [-0.05, 0) is 61.2 Å². The Kier molecular flexibility index (Phi) is 3.65. The second-order valence-electron chi connectivity index (χ2n) is 8.72. The molecule has 0 saturated heterocycles. The van der Waals surface area contributed by atoms with Crippen molar-refractivity contribution in [3.63, 3.8) is 0 Å². The molecule has 120 valence electrons. The fraction of sp³-hybridized carbons (Fsp3) is 0.947. The van der Waals surface area contributed by atoms with Crippen LogP contribution in [0, 0.1) is 34.5 Å². The standard InChI is InChI=1S/C19H32O2/c1-6-12(2)17(20)21-15-9-10-19-11-14(15)18(4,5)16(19)8-7-13(19)3/h12-16H,6-11H2,1-5H3. The van der Waals surface area contributed by atoms with Crippen LogP contribution < -0.4 is 0 Å². The van der Waals surface area contributed by atoms with E-state index in [1.165, 1.54) is 25.7 Å². The van der Waals surface area contributed by atoms with Gasteiger partial charge in [-0.25, -0.2) is 0 Å². The highest BCUT2D eigenvalue weighted by molar-refractivity contribution is 5.72. The molecule has 0 aromatic carbocycles. The molecule has 2 nitrogen and oxygen atoms in total. The van der Waals surface area contributed by atoms with E-state index in [2.05, 4.69) is 27.7 Å². The Bertz CT molecular complexity index is 427. The van der Waals surface area contributed by atoms with Crippen molar-refractivity contribution in [2.75, 3.05) is 0 Å². The van der Waals surface area contributed by atoms with Gasteiger partial charge in [-0.15, -0.1) is 0 Å². The van der Waals surface area contributed by atoms with E-state index in [1.54, 1.807) is 0 Å². The van der Waals surface area contributed by atoms with Crippen molar-refractivity contribution in [2.24, 2.45) is 34.5 Å². The van der Waals surface area contributed by atoms with Crippen molar-refractivity contribution in [3.05, 3.63) is 0 Å². The predicted octanol–water partition coefficient (Wildman–Crippen LogP) is 4.82. The van der Waals surface area contributed by atoms with Crippen molar-refractivity contribution in [3.8, 4) is 0 Å². The van der Waals surface area contributed by atoms with Gasteiger partial charge in [0.15, 0.2) is 0 Å². The van der Waals surface area contributed by atoms with E-state index in [0.717, 1.165) is 24.7 Å². The minimum absolute atomic E-state index is 0.0272. The van der Waals surface area contributed by atoms with Crippen LogP contribution in [-0.2, 0) is 9.53 Å². The summed E-state index contributed by atoms with van der Waals surface area (Å²) in [4.78, 5) is 12.2. The highest BCUT2D eigenvalue weighted by atomic mass is 16.5. The van der Waals surface area contributed by atoms with Gasteiger partial charge < -0.3 is 4.74 Å². The molecule has 0 amide bonds. The lowest BCUT2D eigenvalue weighted by Crippen LogP contribution is -2.38. The van der Waals surface area contributed by atoms with Gasteiger partial charge in [0.1, 0.15) is 6.10 Å². The van der Waals surface area contributed by atoms with E-state index in [0.29, 0.717) is 16.7 Å². The maximum Gasteiger partial charge on any atom is 0.308 e. The van der Waals surface area contributed by atoms with Gasteiger partial charge in [0.05, 0.1) is 5.92 Å². The van der Waals surface area contributed by atoms with Crippen LogP contribution in [0.5, 0.6) is 0 Å². The molecule has 0 aromatic heterocycles. The molecule has 3 fully saturated rings. The second kappa shape index (κ2) is 4.99. The fourth-order valence-electron chi connectivity index (χ4n) is 6.04. The summed E-state index contributed by atoms with van der Waals surface area (Å²) in [5.41, 5.74) is 0.898. The number of esters is 1. The molecule has 1 spiro atoms. The van der Waals surface area contributed by atoms with Gasteiger partial charge in [-0.2, -0.15) is 0 Å². The molecule has 21 heavy (non-hydrogen) atoms. The van der Waals surface area contributed by atoms with Crippen LogP contribution in [0.4, 0.5) is 0 Å². The van der Waals surface area contributed by atoms with E-state index >= 15 is 0 Å². The van der Waals surface area contributed by atoms with E-state index in [-0.39, 0.29) is 18.0 Å². The number of carbonyl (C=O) groups is 1. The minimum Gasteiger partial charge on any atom is -0.462 e. The first-order chi connectivity index (χ1) is 9.83. The predicted molar refractivity (Wildman–Crippen MR) is 84.8 cm³/mol. The van der Waals surface area contributed by atoms with Crippen LogP contribution in [0.1, 0.15) is 73.1 Å². The summed E-state index contributed by atoms with van der Waals surface area (Å²) >= 11 is 0. The lowest BCUT2D eigenvalue weighted by Gasteiger charge is -2.40. The summed E-state index contributed by atoms with van der Waals surface area (Å²) in [5, 5.41) is 0. The third kappa shape index (κ3) is 2.08. The lowest BCUT2D eigenvalue weighted by molar-refractivity contribution is -0.160. The highest BCUT2D eigenvalue weighted by Crippen LogP contribution is 2.71. The molecule has 6 unspecified atom stereocenters. The van der Waals surface area contributed by atoms with Gasteiger partial charge in [-0.3, -0.25) is 4.79 Å². The number of fused-ring (bicyclic) bond motifs is 1. The molecule has 3 aliphatic carbocycles. The Labute approximate surface area is 130 Å². The van der Waals surface area contributed by atoms with Crippen LogP contribution in [0.2, 0.25) is 0 Å². The number of rotatable bonds is 3. The summed E-state index contributed by atoms with van der Waals surface area (Å²) in [6, 6.07) is 0. The molecule has 0 N–H and O–H groups in total. The third-order valence-corrected chi connectivity index (χ3v) is 7.64. The lowest BCUT2D eigenvalue weighted by atomic mass is 9.67. The van der Waals surface area contributed by atoms with Crippen molar-refractivity contribution in [2.45, 2.75) is 79.2 Å². The van der Waals surface area contributed by atoms with Crippen molar-refractivity contribution < 1.29 is 9.53 Å². The quantitative estimate of drug-likeness (QED) is 0.697. The van der Waals surface area contributed by atoms with Gasteiger partial charge >= 0.3 is 5.97 Å². The van der Waals surface area contributed by atoms with E-state index in [9.17, 15) is 4.79 Å². The topological polar surface area (TPSA) is 26.3 Å². The largest absolute Gasteiger partial charge is 0.462 e. The van der Waals surface area contributed by atoms with Gasteiger partial charge in [0.25, 0.3) is 0 Å². The molecule has 2 heteroatoms. The van der Waals surface area contributed by atoms with E-state index in [4.69, 9.17) is 4.74 Å². The number of hydrogen-bond donors (Lipinski definition) is 0. The SMILES string of the molecule is CCC(C)C(=O)OC1CCC23CC1C(C)(C)C2CCC3C. The van der Waals surface area contributed by atoms with Crippen LogP contribution >= 0.6 is 0 Å². The normalized spacial score (nSPS) is 45.2. The van der Waals surface area contributed by atoms with Crippen LogP contribution in [0.3, 0.4) is 0 Å². The molecule has 0 aromatic rings. The molecule has 0 aliphatic heterocycles. The first-order valence-electron chi connectivity index (χ1n) is 9.03. The molecule has 3 rings (SSSR count). The molecule has 6 atom stereocenters. The first kappa shape index (κ1) is 15.4. The average molecular weight is 292 g/mol. The Hall–Kier alpha value is -0.530. The van der Waals surface area contributed by atoms with Crippen LogP contribution in [0.15, 0.2) is 0 Å². The zero-order valence-electron chi connectivity index (χ0n) is 14.4. The van der Waals surface area contributed by atoms with Gasteiger partial charge in [0.2, 0.25) is 0 Å². The highest BCUT2D eigenvalue weighted by Gasteiger charge is 2.65. The summed E-state index contributed by atoms with van der Waals surface area (Å²) < 4.78 is 5.97. The second-order valence-corrected chi connectivity index (χ2v) is 8.72. The molecule has 3 aliphatic rings. The summed E-state index contributed by atoms with van der Waals surface area (Å²) in [6.07, 6.45) is 7.50. The van der Waals surface area contributed by atoms with Crippen LogP contribution in [-0.4, -0.2) is 12.1 Å². The zero-order valence-corrected chi connectivity index (χ0v) is 14.4. The number of ether oxygens (including phenoxy) is 1. The average Bonchev–Trinajstić information content (AvgIpc) is 2.85. The van der Waals surface area contributed by atoms with Crippen LogP contribution in [0.25, 0.3) is 0 Å². The van der Waals surface area contributed by atoms with Gasteiger partial charge in [-0.1, -0.05) is 34.6 Å². The Morgan fingerprint density at radius 2 is 2.00 bits per heavy atom. The molecular weight excluding hydrogens is 260 g/mol. The number of hydrogen-bond acceptors (Lipinski definition) is 2. The Morgan fingerprint density at radius 3 is 2.67 bits per heavy atom. The van der Waals surface area contributed by atoms with Gasteiger partial charge in [0, 0.05) is 5.92 Å². The monoisotopic (exact) mass is 292 g/mol. The first-order valence-corrected chi connectivity index (χ1v) is 9.03. The maximum absolute atomic E-state index is 12.2. The summed E-state index contributed by atoms with van der Waals surface area (Å²) in [7, 11) is 0.